The van der Waals surface area contributed by atoms with E-state index < -0.39 is 0 Å². The number of aromatic nitrogens is 1. The van der Waals surface area contributed by atoms with Gasteiger partial charge < -0.3 is 4.57 Å². The summed E-state index contributed by atoms with van der Waals surface area (Å²) in [4.78, 5) is 0. The van der Waals surface area contributed by atoms with Gasteiger partial charge in [-0.05, 0) is 62.4 Å². The van der Waals surface area contributed by atoms with Gasteiger partial charge in [0.15, 0.2) is 0 Å². The highest BCUT2D eigenvalue weighted by molar-refractivity contribution is 7.26. The van der Waals surface area contributed by atoms with Crippen molar-refractivity contribution in [1.82, 2.24) is 4.57 Å². The molecule has 0 atom stereocenters. The van der Waals surface area contributed by atoms with E-state index in [0.29, 0.717) is 0 Å². The average molecular weight is 512 g/mol. The van der Waals surface area contributed by atoms with Gasteiger partial charge in [0.1, 0.15) is 0 Å². The van der Waals surface area contributed by atoms with Crippen LogP contribution in [-0.4, -0.2) is 4.57 Å². The van der Waals surface area contributed by atoms with Crippen LogP contribution in [0.5, 0.6) is 0 Å². The minimum atomic E-state index is 1.09. The summed E-state index contributed by atoms with van der Waals surface area (Å²) in [6.07, 6.45) is 10.1. The molecule has 0 bridgehead atoms. The fourth-order valence-corrected chi connectivity index (χ4v) is 6.07. The predicted octanol–water partition coefficient (Wildman–Crippen LogP) is 11.3. The maximum Gasteiger partial charge on any atom is 0.0727 e. The van der Waals surface area contributed by atoms with E-state index in [1.54, 1.807) is 0 Å². The lowest BCUT2D eigenvalue weighted by atomic mass is 10.1. The van der Waals surface area contributed by atoms with Crippen LogP contribution in [0.25, 0.3) is 53.2 Å². The molecular weight excluding hydrogens is 478 g/mol. The molecule has 6 aromatic rings. The molecule has 0 aliphatic rings. The van der Waals surface area contributed by atoms with Crippen LogP contribution >= 0.6 is 11.3 Å². The minimum absolute atomic E-state index is 1.09. The molecule has 0 aliphatic heterocycles. The van der Waals surface area contributed by atoms with E-state index in [0.717, 1.165) is 5.57 Å². The molecule has 0 saturated heterocycles. The molecule has 2 heteroatoms. The smallest absolute Gasteiger partial charge is 0.0727 e. The SMILES string of the molecule is C/C=C(\C)c1ccc(-n2c3c4ccccc4ccc3c3sc4ccccc4c32)cc1.C=C(C)/C=C\C=C/C. The van der Waals surface area contributed by atoms with Crippen molar-refractivity contribution in [2.75, 3.05) is 0 Å². The van der Waals surface area contributed by atoms with Crippen molar-refractivity contribution >= 4 is 58.9 Å². The largest absolute Gasteiger partial charge is 0.307 e. The average Bonchev–Trinajstić information content (AvgIpc) is 3.48. The molecule has 0 fully saturated rings. The molecule has 38 heavy (non-hydrogen) atoms. The van der Waals surface area contributed by atoms with Crippen LogP contribution in [0.1, 0.15) is 33.3 Å². The van der Waals surface area contributed by atoms with Crippen molar-refractivity contribution in [3.63, 3.8) is 0 Å². The predicted molar refractivity (Wildman–Crippen MR) is 172 cm³/mol. The Bertz CT molecular complexity index is 1850. The van der Waals surface area contributed by atoms with Gasteiger partial charge >= 0.3 is 0 Å². The fourth-order valence-electron chi connectivity index (χ4n) is 4.86. The van der Waals surface area contributed by atoms with Gasteiger partial charge in [0.2, 0.25) is 0 Å². The lowest BCUT2D eigenvalue weighted by Gasteiger charge is -2.11. The lowest BCUT2D eigenvalue weighted by Crippen LogP contribution is -1.95. The summed E-state index contributed by atoms with van der Waals surface area (Å²) in [6.45, 7) is 11.9. The van der Waals surface area contributed by atoms with Gasteiger partial charge in [-0.25, -0.2) is 0 Å². The first-order chi connectivity index (χ1) is 18.5. The highest BCUT2D eigenvalue weighted by Crippen LogP contribution is 2.44. The number of nitrogens with zero attached hydrogens (tertiary/aromatic N) is 1. The molecule has 0 saturated carbocycles. The molecule has 4 aromatic carbocycles. The molecule has 0 aliphatic carbocycles. The third-order valence-electron chi connectivity index (χ3n) is 6.86. The first-order valence-corrected chi connectivity index (χ1v) is 13.9. The van der Waals surface area contributed by atoms with Crippen molar-refractivity contribution < 1.29 is 0 Å². The number of thiophene rings is 1. The second-order valence-electron chi connectivity index (χ2n) is 9.54. The Morgan fingerprint density at radius 3 is 2.16 bits per heavy atom. The van der Waals surface area contributed by atoms with Crippen molar-refractivity contribution in [1.29, 1.82) is 0 Å². The van der Waals surface area contributed by atoms with E-state index in [2.05, 4.69) is 116 Å². The van der Waals surface area contributed by atoms with E-state index in [-0.39, 0.29) is 0 Å². The molecule has 0 N–H and O–H groups in total. The van der Waals surface area contributed by atoms with Gasteiger partial charge in [0.05, 0.1) is 15.7 Å². The van der Waals surface area contributed by atoms with Gasteiger partial charge in [-0.15, -0.1) is 11.3 Å². The van der Waals surface area contributed by atoms with Gasteiger partial charge in [-0.1, -0.05) is 109 Å². The van der Waals surface area contributed by atoms with E-state index in [1.165, 1.54) is 58.8 Å². The number of allylic oxidation sites excluding steroid dienone is 7. The molecule has 6 rings (SSSR count). The third-order valence-corrected chi connectivity index (χ3v) is 8.05. The summed E-state index contributed by atoms with van der Waals surface area (Å²) >= 11 is 1.90. The number of benzene rings is 4. The van der Waals surface area contributed by atoms with Crippen LogP contribution in [0.2, 0.25) is 0 Å². The summed E-state index contributed by atoms with van der Waals surface area (Å²) in [5.74, 6) is 0. The Kier molecular flexibility index (Phi) is 7.44. The molecule has 0 unspecified atom stereocenters. The fraction of sp³-hybridized carbons (Fsp3) is 0.111. The van der Waals surface area contributed by atoms with E-state index in [4.69, 9.17) is 0 Å². The molecule has 0 spiro atoms. The van der Waals surface area contributed by atoms with Crippen molar-refractivity contribution in [3.05, 3.63) is 133 Å². The van der Waals surface area contributed by atoms with E-state index in [9.17, 15) is 0 Å². The third kappa shape index (κ3) is 4.76. The molecular formula is C36H33NS. The Morgan fingerprint density at radius 2 is 1.45 bits per heavy atom. The highest BCUT2D eigenvalue weighted by Gasteiger charge is 2.19. The summed E-state index contributed by atoms with van der Waals surface area (Å²) in [5, 5.41) is 5.24. The van der Waals surface area contributed by atoms with Crippen molar-refractivity contribution in [3.8, 4) is 5.69 Å². The highest BCUT2D eigenvalue weighted by atomic mass is 32.1. The van der Waals surface area contributed by atoms with Crippen LogP contribution in [0.15, 0.2) is 127 Å². The van der Waals surface area contributed by atoms with Crippen LogP contribution in [0.3, 0.4) is 0 Å². The molecule has 2 aromatic heterocycles. The van der Waals surface area contributed by atoms with Gasteiger partial charge in [0.25, 0.3) is 0 Å². The zero-order valence-corrected chi connectivity index (χ0v) is 23.3. The number of hydrogen-bond acceptors (Lipinski definition) is 1. The Balaban J connectivity index is 0.000000323. The molecule has 0 radical (unpaired) electrons. The van der Waals surface area contributed by atoms with Crippen LogP contribution < -0.4 is 0 Å². The summed E-state index contributed by atoms with van der Waals surface area (Å²) in [5.41, 5.74) is 7.49. The van der Waals surface area contributed by atoms with Gasteiger partial charge in [-0.3, -0.25) is 0 Å². The molecule has 188 valence electrons. The van der Waals surface area contributed by atoms with E-state index >= 15 is 0 Å². The lowest BCUT2D eigenvalue weighted by molar-refractivity contribution is 1.19. The minimum Gasteiger partial charge on any atom is -0.307 e. The Morgan fingerprint density at radius 1 is 0.737 bits per heavy atom. The second-order valence-corrected chi connectivity index (χ2v) is 10.6. The molecule has 0 amide bonds. The number of rotatable bonds is 4. The monoisotopic (exact) mass is 511 g/mol. The Labute approximate surface area is 229 Å². The van der Waals surface area contributed by atoms with Crippen LogP contribution in [-0.2, 0) is 0 Å². The summed E-state index contributed by atoms with van der Waals surface area (Å²) < 4.78 is 5.18. The topological polar surface area (TPSA) is 4.93 Å². The van der Waals surface area contributed by atoms with Crippen molar-refractivity contribution in [2.24, 2.45) is 0 Å². The normalized spacial score (nSPS) is 12.3. The molecule has 1 nitrogen and oxygen atoms in total. The number of fused-ring (bicyclic) bond motifs is 7. The first-order valence-electron chi connectivity index (χ1n) is 13.1. The standard InChI is InChI=1S/C28H21NS.C8H12/c1-3-18(2)19-12-15-21(16-13-19)29-26-22-9-5-4-8-20(22)14-17-24(26)28-27(29)23-10-6-7-11-25(23)30-28;1-4-5-6-7-8(2)3/h3-17H,1-2H3;4-7H,2H2,1,3H3/b18-3+;5-4-,7-6-. The summed E-state index contributed by atoms with van der Waals surface area (Å²) in [7, 11) is 0. The Hall–Kier alpha value is -4.14. The van der Waals surface area contributed by atoms with Crippen LogP contribution in [0, 0.1) is 0 Å². The first kappa shape index (κ1) is 25.5. The number of hydrogen-bond donors (Lipinski definition) is 0. The maximum atomic E-state index is 3.71. The second kappa shape index (κ2) is 11.1. The molecule has 2 heterocycles. The van der Waals surface area contributed by atoms with Crippen LogP contribution in [0.4, 0.5) is 0 Å². The van der Waals surface area contributed by atoms with Gasteiger partial charge in [0, 0.05) is 26.5 Å². The summed E-state index contributed by atoms with van der Waals surface area (Å²) in [6, 6.07) is 31.0. The van der Waals surface area contributed by atoms with Crippen molar-refractivity contribution in [2.45, 2.75) is 27.7 Å². The van der Waals surface area contributed by atoms with E-state index in [1.807, 2.05) is 49.5 Å². The zero-order valence-electron chi connectivity index (χ0n) is 22.5. The quantitative estimate of drug-likeness (QED) is 0.207. The van der Waals surface area contributed by atoms with Gasteiger partial charge in [-0.2, -0.15) is 0 Å². The maximum absolute atomic E-state index is 3.71. The zero-order chi connectivity index (χ0) is 26.6.